The summed E-state index contributed by atoms with van der Waals surface area (Å²) in [5.41, 5.74) is 1.18. The average Bonchev–Trinajstić information content (AvgIpc) is 3.12. The van der Waals surface area contributed by atoms with E-state index in [-0.39, 0.29) is 0 Å². The molecule has 0 aromatic heterocycles. The van der Waals surface area contributed by atoms with Gasteiger partial charge < -0.3 is 4.74 Å². The number of hydrogen-bond donors (Lipinski definition) is 0. The van der Waals surface area contributed by atoms with E-state index in [2.05, 4.69) is 46.3 Å². The molecule has 1 fully saturated rings. The second kappa shape index (κ2) is 66.4. The fourth-order valence-corrected chi connectivity index (χ4v) is 2.66. The molecule has 0 heterocycles. The van der Waals surface area contributed by atoms with Crippen LogP contribution in [0.4, 0.5) is 0 Å². The Labute approximate surface area is 305 Å². The highest BCUT2D eigenvalue weighted by Gasteiger charge is 2.19. The largest absolute Gasteiger partial charge is 0.388 e. The molecule has 1 aliphatic rings. The van der Waals surface area contributed by atoms with Crippen LogP contribution in [-0.4, -0.2) is 26.7 Å². The lowest BCUT2D eigenvalue weighted by atomic mass is 9.78. The standard InChI is InChI=1S/C8H16.3C6H6.C5H12.C2H6O.C2H6S.5C2H6/c1-8(2)6-4-3-5-7-8;3*1-2-4-6-5-3-1;1-5(2,3)4;2*1-3-2;5*1-2/h3-7H2,1-2H3;3*1-6H;1-4H3;2*1-2H3;5*1-2H3. The van der Waals surface area contributed by atoms with Crippen molar-refractivity contribution in [3.8, 4) is 0 Å². The highest BCUT2D eigenvalue weighted by molar-refractivity contribution is 7.97. The Bertz CT molecular complexity index is 551. The first-order chi connectivity index (χ1) is 22.5. The number of rotatable bonds is 0. The van der Waals surface area contributed by atoms with Gasteiger partial charge in [-0.25, -0.2) is 0 Å². The van der Waals surface area contributed by atoms with Crippen LogP contribution in [0.3, 0.4) is 0 Å². The zero-order valence-corrected chi connectivity index (χ0v) is 36.6. The van der Waals surface area contributed by atoms with Crippen molar-refractivity contribution in [2.75, 3.05) is 26.7 Å². The molecule has 0 radical (unpaired) electrons. The van der Waals surface area contributed by atoms with E-state index in [4.69, 9.17) is 0 Å². The highest BCUT2D eigenvalue weighted by atomic mass is 32.2. The van der Waals surface area contributed by atoms with Gasteiger partial charge in [0.2, 0.25) is 0 Å². The summed E-state index contributed by atoms with van der Waals surface area (Å²) in [6.45, 7) is 33.5. The lowest BCUT2D eigenvalue weighted by Crippen LogP contribution is -2.14. The van der Waals surface area contributed by atoms with E-state index in [9.17, 15) is 0 Å². The Morgan fingerprint density at radius 3 is 0.574 bits per heavy atom. The van der Waals surface area contributed by atoms with Crippen LogP contribution in [0.2, 0.25) is 0 Å². The van der Waals surface area contributed by atoms with Crippen molar-refractivity contribution in [3.05, 3.63) is 109 Å². The third kappa shape index (κ3) is 115. The molecule has 0 atom stereocenters. The Morgan fingerprint density at radius 1 is 0.404 bits per heavy atom. The van der Waals surface area contributed by atoms with E-state index in [1.54, 1.807) is 26.0 Å². The van der Waals surface area contributed by atoms with E-state index < -0.39 is 0 Å². The topological polar surface area (TPSA) is 9.23 Å². The van der Waals surface area contributed by atoms with E-state index in [1.165, 1.54) is 32.1 Å². The maximum atomic E-state index is 4.25. The molecule has 4 rings (SSSR count). The van der Waals surface area contributed by atoms with Crippen molar-refractivity contribution >= 4 is 11.8 Å². The molecular formula is C45H88OS. The minimum absolute atomic E-state index is 0.500. The molecule has 0 N–H and O–H groups in total. The Morgan fingerprint density at radius 2 is 0.511 bits per heavy atom. The van der Waals surface area contributed by atoms with Crippen molar-refractivity contribution < 1.29 is 4.74 Å². The molecule has 0 spiro atoms. The van der Waals surface area contributed by atoms with Gasteiger partial charge in [0, 0.05) is 14.2 Å². The molecule has 47 heavy (non-hydrogen) atoms. The summed E-state index contributed by atoms with van der Waals surface area (Å²) in [5, 5.41) is 0. The average molecular weight is 677 g/mol. The third-order valence-corrected chi connectivity index (χ3v) is 4.21. The van der Waals surface area contributed by atoms with E-state index >= 15 is 0 Å². The number of hydrogen-bond acceptors (Lipinski definition) is 2. The lowest BCUT2D eigenvalue weighted by molar-refractivity contribution is 0.244. The van der Waals surface area contributed by atoms with Crippen LogP contribution in [-0.2, 0) is 4.74 Å². The molecule has 3 aromatic rings. The first kappa shape index (κ1) is 63.6. The van der Waals surface area contributed by atoms with Gasteiger partial charge in [-0.3, -0.25) is 0 Å². The van der Waals surface area contributed by atoms with Crippen molar-refractivity contribution in [2.24, 2.45) is 10.8 Å². The fraction of sp³-hybridized carbons (Fsp3) is 0.600. The number of ether oxygens (including phenoxy) is 1. The van der Waals surface area contributed by atoms with E-state index in [1.807, 2.05) is 191 Å². The van der Waals surface area contributed by atoms with Crippen molar-refractivity contribution in [1.29, 1.82) is 0 Å². The van der Waals surface area contributed by atoms with Gasteiger partial charge in [0.05, 0.1) is 0 Å². The van der Waals surface area contributed by atoms with Crippen LogP contribution >= 0.6 is 11.8 Å². The second-order valence-electron chi connectivity index (χ2n) is 11.0. The summed E-state index contributed by atoms with van der Waals surface area (Å²) in [5.74, 6) is 0. The normalized spacial score (nSPS) is 10.5. The summed E-state index contributed by atoms with van der Waals surface area (Å²) in [6.07, 6.45) is 11.4. The zero-order chi connectivity index (χ0) is 38.7. The fourth-order valence-electron chi connectivity index (χ4n) is 2.66. The van der Waals surface area contributed by atoms with Crippen LogP contribution < -0.4 is 0 Å². The molecule has 2 heteroatoms. The minimum atomic E-state index is 0.500. The number of benzene rings is 3. The van der Waals surface area contributed by atoms with Crippen molar-refractivity contribution in [1.82, 2.24) is 0 Å². The van der Waals surface area contributed by atoms with Crippen molar-refractivity contribution in [3.63, 3.8) is 0 Å². The molecule has 0 amide bonds. The van der Waals surface area contributed by atoms with Gasteiger partial charge in [-0.15, -0.1) is 0 Å². The lowest BCUT2D eigenvalue weighted by Gasteiger charge is -2.28. The predicted molar refractivity (Wildman–Crippen MR) is 230 cm³/mol. The number of methoxy groups -OCH3 is 1. The monoisotopic (exact) mass is 677 g/mol. The summed E-state index contributed by atoms with van der Waals surface area (Å²) in [6, 6.07) is 36.0. The van der Waals surface area contributed by atoms with E-state index in [0.29, 0.717) is 10.8 Å². The Kier molecular flexibility index (Phi) is 89.9. The maximum Gasteiger partial charge on any atom is 0.0351 e. The number of thioether (sulfide) groups is 1. The highest BCUT2D eigenvalue weighted by Crippen LogP contribution is 2.34. The van der Waals surface area contributed by atoms with Gasteiger partial charge in [-0.2, -0.15) is 11.8 Å². The molecule has 1 nitrogen and oxygen atoms in total. The second-order valence-corrected chi connectivity index (χ2v) is 11.8. The molecule has 3 aromatic carbocycles. The predicted octanol–water partition coefficient (Wildman–Crippen LogP) is 16.5. The zero-order valence-electron chi connectivity index (χ0n) is 35.7. The Hall–Kier alpha value is -2.03. The van der Waals surface area contributed by atoms with Crippen molar-refractivity contribution in [2.45, 2.75) is 143 Å². The third-order valence-electron chi connectivity index (χ3n) is 4.21. The van der Waals surface area contributed by atoms with Crippen LogP contribution in [0.25, 0.3) is 0 Å². The van der Waals surface area contributed by atoms with Gasteiger partial charge in [0.1, 0.15) is 0 Å². The quantitative estimate of drug-likeness (QED) is 0.234. The first-order valence-corrected chi connectivity index (χ1v) is 20.0. The molecule has 0 bridgehead atoms. The van der Waals surface area contributed by atoms with Gasteiger partial charge in [-0.05, 0) is 36.2 Å². The minimum Gasteiger partial charge on any atom is -0.388 e. The summed E-state index contributed by atoms with van der Waals surface area (Å²) >= 11 is 1.75. The van der Waals surface area contributed by atoms with Gasteiger partial charge in [0.25, 0.3) is 0 Å². The molecule has 0 unspecified atom stereocenters. The smallest absolute Gasteiger partial charge is 0.0351 e. The first-order valence-electron chi connectivity index (χ1n) is 18.3. The van der Waals surface area contributed by atoms with E-state index in [0.717, 1.165) is 0 Å². The molecule has 1 saturated carbocycles. The summed E-state index contributed by atoms with van der Waals surface area (Å²) < 4.78 is 4.25. The Balaban J connectivity index is -0.0000000612. The van der Waals surface area contributed by atoms with Crippen LogP contribution in [0.15, 0.2) is 109 Å². The molecule has 0 saturated heterocycles. The van der Waals surface area contributed by atoms with Crippen LogP contribution in [0, 0.1) is 10.8 Å². The molecule has 1 aliphatic carbocycles. The SMILES string of the molecule is CC.CC.CC.CC.CC.CC(C)(C)C.CC1(C)CCCCC1.COC.CSC.c1ccccc1.c1ccccc1.c1ccccc1. The van der Waals surface area contributed by atoms with Crippen LogP contribution in [0.1, 0.15) is 143 Å². The van der Waals surface area contributed by atoms with Gasteiger partial charge >= 0.3 is 0 Å². The summed E-state index contributed by atoms with van der Waals surface area (Å²) in [4.78, 5) is 0. The molecular weight excluding hydrogens is 589 g/mol. The molecule has 0 aliphatic heterocycles. The van der Waals surface area contributed by atoms with Gasteiger partial charge in [-0.1, -0.05) is 239 Å². The summed E-state index contributed by atoms with van der Waals surface area (Å²) in [7, 11) is 3.25. The van der Waals surface area contributed by atoms with Crippen LogP contribution in [0.5, 0.6) is 0 Å². The molecule has 280 valence electrons. The van der Waals surface area contributed by atoms with Gasteiger partial charge in [0.15, 0.2) is 0 Å². The maximum absolute atomic E-state index is 4.25.